The predicted molar refractivity (Wildman–Crippen MR) is 76.5 cm³/mol. The van der Waals surface area contributed by atoms with Crippen LogP contribution in [0.2, 0.25) is 5.02 Å². The average Bonchev–Trinajstić information content (AvgIpc) is 2.38. The summed E-state index contributed by atoms with van der Waals surface area (Å²) in [6.07, 6.45) is 1.37. The van der Waals surface area contributed by atoms with Crippen LogP contribution in [0.25, 0.3) is 0 Å². The van der Waals surface area contributed by atoms with Crippen LogP contribution in [-0.2, 0) is 16.4 Å². The monoisotopic (exact) mass is 303 g/mol. The summed E-state index contributed by atoms with van der Waals surface area (Å²) in [5, 5.41) is 3.97. The molecule has 0 radical (unpaired) electrons. The van der Waals surface area contributed by atoms with Gasteiger partial charge in [-0.05, 0) is 30.5 Å². The third-order valence-electron chi connectivity index (χ3n) is 3.37. The van der Waals surface area contributed by atoms with Crippen LogP contribution in [0.3, 0.4) is 0 Å². The van der Waals surface area contributed by atoms with E-state index in [1.165, 1.54) is 0 Å². The molecule has 0 bridgehead atoms. The minimum atomic E-state index is -2.79. The van der Waals surface area contributed by atoms with Gasteiger partial charge in [0.25, 0.3) is 0 Å². The van der Waals surface area contributed by atoms with Gasteiger partial charge in [0, 0.05) is 12.6 Å². The molecular formula is C13H18ClNO3S. The summed E-state index contributed by atoms with van der Waals surface area (Å²) in [4.78, 5) is 0. The molecule has 1 fully saturated rings. The molecule has 6 heteroatoms. The highest BCUT2D eigenvalue weighted by Gasteiger charge is 2.22. The van der Waals surface area contributed by atoms with Gasteiger partial charge in [0.1, 0.15) is 15.6 Å². The first kappa shape index (κ1) is 14.6. The maximum absolute atomic E-state index is 11.3. The number of hydrogen-bond acceptors (Lipinski definition) is 4. The lowest BCUT2D eigenvalue weighted by Gasteiger charge is -2.23. The highest BCUT2D eigenvalue weighted by Crippen LogP contribution is 2.25. The van der Waals surface area contributed by atoms with Gasteiger partial charge in [-0.3, -0.25) is 0 Å². The molecule has 0 unspecified atom stereocenters. The molecule has 0 atom stereocenters. The third kappa shape index (κ3) is 4.09. The van der Waals surface area contributed by atoms with E-state index in [4.69, 9.17) is 16.3 Å². The second kappa shape index (κ2) is 6.11. The van der Waals surface area contributed by atoms with Crippen molar-refractivity contribution < 1.29 is 13.2 Å². The van der Waals surface area contributed by atoms with Crippen molar-refractivity contribution in [1.29, 1.82) is 0 Å². The van der Waals surface area contributed by atoms with E-state index in [1.54, 1.807) is 7.11 Å². The van der Waals surface area contributed by atoms with Crippen LogP contribution in [0.5, 0.6) is 5.75 Å². The number of halogens is 1. The molecule has 1 aromatic rings. The Morgan fingerprint density at radius 1 is 1.37 bits per heavy atom. The summed E-state index contributed by atoms with van der Waals surface area (Å²) in [6.45, 7) is 0.689. The molecule has 106 valence electrons. The predicted octanol–water partition coefficient (Wildman–Crippen LogP) is 2.02. The summed E-state index contributed by atoms with van der Waals surface area (Å²) in [6, 6.07) is 5.93. The molecular weight excluding hydrogens is 286 g/mol. The van der Waals surface area contributed by atoms with E-state index in [0.29, 0.717) is 30.2 Å². The van der Waals surface area contributed by atoms with Crippen LogP contribution in [0.15, 0.2) is 18.2 Å². The molecule has 0 amide bonds. The first-order valence-corrected chi connectivity index (χ1v) is 8.46. The lowest BCUT2D eigenvalue weighted by molar-refractivity contribution is 0.414. The summed E-state index contributed by atoms with van der Waals surface area (Å²) in [5.74, 6) is 1.23. The van der Waals surface area contributed by atoms with Crippen molar-refractivity contribution in [2.24, 2.45) is 0 Å². The number of ether oxygens (including phenoxy) is 1. The normalized spacial score (nSPS) is 19.3. The third-order valence-corrected chi connectivity index (χ3v) is 5.38. The fraction of sp³-hybridized carbons (Fsp3) is 0.538. The van der Waals surface area contributed by atoms with E-state index in [1.807, 2.05) is 18.2 Å². The van der Waals surface area contributed by atoms with E-state index in [9.17, 15) is 8.42 Å². The van der Waals surface area contributed by atoms with Crippen LogP contribution >= 0.6 is 11.6 Å². The molecule has 19 heavy (non-hydrogen) atoms. The maximum atomic E-state index is 11.3. The zero-order chi connectivity index (χ0) is 13.9. The van der Waals surface area contributed by atoms with E-state index >= 15 is 0 Å². The van der Waals surface area contributed by atoms with Crippen LogP contribution in [0, 0.1) is 0 Å². The van der Waals surface area contributed by atoms with Gasteiger partial charge < -0.3 is 10.1 Å². The smallest absolute Gasteiger partial charge is 0.150 e. The molecule has 0 aromatic heterocycles. The fourth-order valence-corrected chi connectivity index (χ4v) is 3.95. The van der Waals surface area contributed by atoms with Crippen molar-refractivity contribution in [2.45, 2.75) is 25.4 Å². The molecule has 2 rings (SSSR count). The Kier molecular flexibility index (Phi) is 4.71. The van der Waals surface area contributed by atoms with Gasteiger partial charge in [-0.15, -0.1) is 0 Å². The van der Waals surface area contributed by atoms with E-state index < -0.39 is 9.84 Å². The van der Waals surface area contributed by atoms with E-state index in [2.05, 4.69) is 5.32 Å². The van der Waals surface area contributed by atoms with Gasteiger partial charge in [0.05, 0.1) is 23.6 Å². The highest BCUT2D eigenvalue weighted by molar-refractivity contribution is 7.91. The quantitative estimate of drug-likeness (QED) is 0.924. The largest absolute Gasteiger partial charge is 0.495 e. The van der Waals surface area contributed by atoms with Crippen molar-refractivity contribution in [3.05, 3.63) is 28.8 Å². The molecule has 4 nitrogen and oxygen atoms in total. The van der Waals surface area contributed by atoms with Crippen molar-refractivity contribution >= 4 is 21.4 Å². The lowest BCUT2D eigenvalue weighted by Crippen LogP contribution is -2.37. The molecule has 1 saturated heterocycles. The molecule has 1 aliphatic rings. The molecule has 1 aliphatic heterocycles. The van der Waals surface area contributed by atoms with E-state index in [-0.39, 0.29) is 17.5 Å². The lowest BCUT2D eigenvalue weighted by atomic mass is 10.1. The highest BCUT2D eigenvalue weighted by atomic mass is 35.5. The zero-order valence-corrected chi connectivity index (χ0v) is 12.4. The Morgan fingerprint density at radius 2 is 2.05 bits per heavy atom. The maximum Gasteiger partial charge on any atom is 0.150 e. The zero-order valence-electron chi connectivity index (χ0n) is 10.9. The second-order valence-corrected chi connectivity index (χ2v) is 7.49. The number of hydrogen-bond donors (Lipinski definition) is 1. The number of nitrogens with one attached hydrogen (secondary N) is 1. The van der Waals surface area contributed by atoms with Crippen molar-refractivity contribution in [3.63, 3.8) is 0 Å². The van der Waals surface area contributed by atoms with Crippen molar-refractivity contribution in [1.82, 2.24) is 5.32 Å². The SMILES string of the molecule is COc1ccc(CNC2CCS(=O)(=O)CC2)cc1Cl. The Hall–Kier alpha value is -0.780. The van der Waals surface area contributed by atoms with Crippen molar-refractivity contribution in [3.8, 4) is 5.75 Å². The molecule has 1 N–H and O–H groups in total. The first-order valence-electron chi connectivity index (χ1n) is 6.26. The van der Waals surface area contributed by atoms with Gasteiger partial charge in [-0.1, -0.05) is 17.7 Å². The van der Waals surface area contributed by atoms with Gasteiger partial charge >= 0.3 is 0 Å². The van der Waals surface area contributed by atoms with Gasteiger partial charge in [-0.25, -0.2) is 8.42 Å². The standard InChI is InChI=1S/C13H18ClNO3S/c1-18-13-3-2-10(8-12(13)14)9-15-11-4-6-19(16,17)7-5-11/h2-3,8,11,15H,4-7,9H2,1H3. The molecule has 1 heterocycles. The first-order chi connectivity index (χ1) is 9.00. The number of sulfone groups is 1. The Morgan fingerprint density at radius 3 is 2.63 bits per heavy atom. The number of benzene rings is 1. The van der Waals surface area contributed by atoms with Crippen LogP contribution in [-0.4, -0.2) is 33.1 Å². The van der Waals surface area contributed by atoms with Crippen LogP contribution in [0.4, 0.5) is 0 Å². The molecule has 0 aliphatic carbocycles. The van der Waals surface area contributed by atoms with E-state index in [0.717, 1.165) is 5.56 Å². The average molecular weight is 304 g/mol. The van der Waals surface area contributed by atoms with Crippen molar-refractivity contribution in [2.75, 3.05) is 18.6 Å². The Labute approximate surface area is 119 Å². The van der Waals surface area contributed by atoms with Crippen LogP contribution in [0.1, 0.15) is 18.4 Å². The second-order valence-electron chi connectivity index (χ2n) is 4.78. The summed E-state index contributed by atoms with van der Waals surface area (Å²) < 4.78 is 27.8. The molecule has 0 saturated carbocycles. The fourth-order valence-electron chi connectivity index (χ4n) is 2.18. The van der Waals surface area contributed by atoms with Gasteiger partial charge in [0.2, 0.25) is 0 Å². The summed E-state index contributed by atoms with van der Waals surface area (Å²) >= 11 is 6.06. The van der Waals surface area contributed by atoms with Gasteiger partial charge in [-0.2, -0.15) is 0 Å². The topological polar surface area (TPSA) is 55.4 Å². The summed E-state index contributed by atoms with van der Waals surface area (Å²) in [5.41, 5.74) is 1.07. The van der Waals surface area contributed by atoms with Crippen LogP contribution < -0.4 is 10.1 Å². The minimum absolute atomic E-state index is 0.268. The Balaban J connectivity index is 1.88. The molecule has 0 spiro atoms. The number of rotatable bonds is 4. The van der Waals surface area contributed by atoms with Gasteiger partial charge in [0.15, 0.2) is 0 Å². The number of methoxy groups -OCH3 is 1. The molecule has 1 aromatic carbocycles. The Bertz CT molecular complexity index is 531. The summed E-state index contributed by atoms with van der Waals surface area (Å²) in [7, 11) is -1.21. The minimum Gasteiger partial charge on any atom is -0.495 e.